The molecule has 2 aromatic heterocycles. The van der Waals surface area contributed by atoms with Crippen LogP contribution >= 0.6 is 15.9 Å². The van der Waals surface area contributed by atoms with Crippen LogP contribution < -0.4 is 11.2 Å². The maximum absolute atomic E-state index is 12.9. The van der Waals surface area contributed by atoms with Gasteiger partial charge in [-0.05, 0) is 18.6 Å². The highest BCUT2D eigenvalue weighted by Crippen LogP contribution is 2.32. The van der Waals surface area contributed by atoms with Crippen LogP contribution in [0, 0.1) is 0 Å². The van der Waals surface area contributed by atoms with E-state index in [1.165, 1.54) is 11.6 Å². The Hall–Kier alpha value is -2.12. The minimum Gasteiger partial charge on any atom is -0.394 e. The minimum absolute atomic E-state index is 0.0489. The fourth-order valence-electron chi connectivity index (χ4n) is 3.19. The number of aryl methyl sites for hydroxylation is 1. The summed E-state index contributed by atoms with van der Waals surface area (Å²) in [6.07, 6.45) is 2.49. The molecule has 0 fully saturated rings. The van der Waals surface area contributed by atoms with Crippen LogP contribution in [-0.2, 0) is 14.1 Å². The molecule has 1 atom stereocenters. The smallest absolute Gasteiger partial charge is 0.330 e. The van der Waals surface area contributed by atoms with E-state index in [0.717, 1.165) is 14.6 Å². The number of aliphatic hydroxyl groups excluding tert-OH is 1. The lowest BCUT2D eigenvalue weighted by Crippen LogP contribution is -2.36. The van der Waals surface area contributed by atoms with Crippen LogP contribution in [-0.4, -0.2) is 25.4 Å². The Balaban J connectivity index is 2.53. The van der Waals surface area contributed by atoms with Crippen molar-refractivity contribution >= 4 is 26.8 Å². The third-order valence-corrected chi connectivity index (χ3v) is 5.13. The molecule has 3 aromatic rings. The summed E-state index contributed by atoms with van der Waals surface area (Å²) in [7, 11) is 3.13. The van der Waals surface area contributed by atoms with Gasteiger partial charge in [-0.15, -0.1) is 0 Å². The third kappa shape index (κ3) is 2.77. The molecule has 1 aromatic carbocycles. The summed E-state index contributed by atoms with van der Waals surface area (Å²) in [5, 5.41) is 10.3. The second-order valence-electron chi connectivity index (χ2n) is 6.11. The van der Waals surface area contributed by atoms with Crippen LogP contribution in [0.4, 0.5) is 0 Å². The maximum Gasteiger partial charge on any atom is 0.330 e. The molecule has 3 rings (SSSR count). The van der Waals surface area contributed by atoms with Gasteiger partial charge < -0.3 is 9.67 Å². The Morgan fingerprint density at radius 1 is 1.20 bits per heavy atom. The summed E-state index contributed by atoms with van der Waals surface area (Å²) >= 11 is 3.47. The SMILES string of the molecule is CC[C@@H](CO)n1cc2c(c1-c1cccc(Br)c1)c(=O)n(C)c(=O)n2C. The number of hydrogen-bond donors (Lipinski definition) is 1. The minimum atomic E-state index is -0.368. The van der Waals surface area contributed by atoms with E-state index in [4.69, 9.17) is 0 Å². The Labute approximate surface area is 153 Å². The number of nitrogens with zero attached hydrogens (tertiary/aromatic N) is 3. The van der Waals surface area contributed by atoms with Crippen molar-refractivity contribution < 1.29 is 5.11 Å². The van der Waals surface area contributed by atoms with E-state index in [-0.39, 0.29) is 23.9 Å². The first kappa shape index (κ1) is 17.7. The number of fused-ring (bicyclic) bond motifs is 1. The van der Waals surface area contributed by atoms with Gasteiger partial charge in [0.2, 0.25) is 0 Å². The normalized spacial score (nSPS) is 12.7. The van der Waals surface area contributed by atoms with Crippen molar-refractivity contribution in [1.82, 2.24) is 13.7 Å². The van der Waals surface area contributed by atoms with Crippen LogP contribution in [0.5, 0.6) is 0 Å². The fraction of sp³-hybridized carbons (Fsp3) is 0.333. The monoisotopic (exact) mass is 405 g/mol. The van der Waals surface area contributed by atoms with Gasteiger partial charge in [-0.1, -0.05) is 35.0 Å². The van der Waals surface area contributed by atoms with Crippen LogP contribution in [0.15, 0.2) is 44.5 Å². The zero-order valence-corrected chi connectivity index (χ0v) is 15.9. The van der Waals surface area contributed by atoms with Crippen molar-refractivity contribution in [2.24, 2.45) is 14.1 Å². The van der Waals surface area contributed by atoms with Crippen LogP contribution in [0.1, 0.15) is 19.4 Å². The van der Waals surface area contributed by atoms with Gasteiger partial charge in [0.25, 0.3) is 5.56 Å². The van der Waals surface area contributed by atoms with E-state index in [1.54, 1.807) is 13.2 Å². The first-order chi connectivity index (χ1) is 11.9. The molecule has 0 bridgehead atoms. The Bertz CT molecular complexity index is 1060. The summed E-state index contributed by atoms with van der Waals surface area (Å²) in [6.45, 7) is 1.93. The van der Waals surface area contributed by atoms with Crippen molar-refractivity contribution in [2.45, 2.75) is 19.4 Å². The number of aliphatic hydroxyl groups is 1. The Kier molecular flexibility index (Phi) is 4.71. The second kappa shape index (κ2) is 6.65. The fourth-order valence-corrected chi connectivity index (χ4v) is 3.59. The molecule has 0 aliphatic carbocycles. The van der Waals surface area contributed by atoms with Gasteiger partial charge in [-0.25, -0.2) is 4.79 Å². The molecular weight excluding hydrogens is 386 g/mol. The van der Waals surface area contributed by atoms with Crippen molar-refractivity contribution in [3.8, 4) is 11.3 Å². The van der Waals surface area contributed by atoms with Crippen molar-refractivity contribution in [1.29, 1.82) is 0 Å². The molecule has 6 nitrogen and oxygen atoms in total. The maximum atomic E-state index is 12.9. The average Bonchev–Trinajstić information content (AvgIpc) is 3.00. The number of benzene rings is 1. The predicted molar refractivity (Wildman–Crippen MR) is 102 cm³/mol. The summed E-state index contributed by atoms with van der Waals surface area (Å²) in [5.74, 6) is 0. The quantitative estimate of drug-likeness (QED) is 0.724. The number of aromatic nitrogens is 3. The first-order valence-corrected chi connectivity index (χ1v) is 8.87. The molecule has 2 heterocycles. The Morgan fingerprint density at radius 2 is 1.92 bits per heavy atom. The third-order valence-electron chi connectivity index (χ3n) is 4.64. The van der Waals surface area contributed by atoms with E-state index < -0.39 is 0 Å². The van der Waals surface area contributed by atoms with Crippen LogP contribution in [0.25, 0.3) is 22.2 Å². The number of hydrogen-bond acceptors (Lipinski definition) is 3. The van der Waals surface area contributed by atoms with E-state index in [9.17, 15) is 14.7 Å². The molecule has 0 aliphatic heterocycles. The topological polar surface area (TPSA) is 69.2 Å². The average molecular weight is 406 g/mol. The standard InChI is InChI=1S/C18H20BrN3O3/c1-4-13(10-23)22-9-14-15(17(24)21(3)18(25)20(14)2)16(22)11-6-5-7-12(19)8-11/h5-9,13,23H,4,10H2,1-3H3/t13-/m0/s1. The largest absolute Gasteiger partial charge is 0.394 e. The molecule has 0 amide bonds. The zero-order chi connectivity index (χ0) is 18.3. The highest BCUT2D eigenvalue weighted by molar-refractivity contribution is 9.10. The lowest BCUT2D eigenvalue weighted by Gasteiger charge is -2.18. The zero-order valence-electron chi connectivity index (χ0n) is 14.4. The summed E-state index contributed by atoms with van der Waals surface area (Å²) < 4.78 is 5.39. The van der Waals surface area contributed by atoms with E-state index in [0.29, 0.717) is 23.0 Å². The molecule has 1 N–H and O–H groups in total. The number of rotatable bonds is 4. The number of halogens is 1. The van der Waals surface area contributed by atoms with E-state index in [2.05, 4.69) is 15.9 Å². The molecular formula is C18H20BrN3O3. The first-order valence-electron chi connectivity index (χ1n) is 8.08. The van der Waals surface area contributed by atoms with Gasteiger partial charge in [-0.3, -0.25) is 13.9 Å². The van der Waals surface area contributed by atoms with Gasteiger partial charge in [0, 0.05) is 30.3 Å². The van der Waals surface area contributed by atoms with E-state index in [1.807, 2.05) is 35.8 Å². The summed E-state index contributed by atoms with van der Waals surface area (Å²) in [5.41, 5.74) is 1.43. The summed E-state index contributed by atoms with van der Waals surface area (Å²) in [6, 6.07) is 7.48. The van der Waals surface area contributed by atoms with Gasteiger partial charge in [-0.2, -0.15) is 0 Å². The predicted octanol–water partition coefficient (Wildman–Crippen LogP) is 2.41. The second-order valence-corrected chi connectivity index (χ2v) is 7.02. The highest BCUT2D eigenvalue weighted by Gasteiger charge is 2.22. The molecule has 0 radical (unpaired) electrons. The highest BCUT2D eigenvalue weighted by atomic mass is 79.9. The lowest BCUT2D eigenvalue weighted by molar-refractivity contribution is 0.226. The molecule has 0 unspecified atom stereocenters. The van der Waals surface area contributed by atoms with Crippen LogP contribution in [0.2, 0.25) is 0 Å². The molecule has 0 aliphatic rings. The Morgan fingerprint density at radius 3 is 2.52 bits per heavy atom. The molecule has 0 saturated heterocycles. The van der Waals surface area contributed by atoms with Crippen molar-refractivity contribution in [3.05, 3.63) is 55.8 Å². The molecule has 0 saturated carbocycles. The lowest BCUT2D eigenvalue weighted by atomic mass is 10.1. The molecule has 132 valence electrons. The summed E-state index contributed by atoms with van der Waals surface area (Å²) in [4.78, 5) is 25.1. The van der Waals surface area contributed by atoms with Crippen LogP contribution in [0.3, 0.4) is 0 Å². The van der Waals surface area contributed by atoms with Gasteiger partial charge in [0.1, 0.15) is 0 Å². The van der Waals surface area contributed by atoms with Crippen molar-refractivity contribution in [3.63, 3.8) is 0 Å². The van der Waals surface area contributed by atoms with Gasteiger partial charge in [0.05, 0.1) is 29.2 Å². The molecule has 7 heteroatoms. The molecule has 0 spiro atoms. The van der Waals surface area contributed by atoms with Crippen molar-refractivity contribution in [2.75, 3.05) is 6.61 Å². The van der Waals surface area contributed by atoms with Gasteiger partial charge >= 0.3 is 5.69 Å². The molecule has 25 heavy (non-hydrogen) atoms. The van der Waals surface area contributed by atoms with E-state index >= 15 is 0 Å². The van der Waals surface area contributed by atoms with Gasteiger partial charge in [0.15, 0.2) is 0 Å².